The van der Waals surface area contributed by atoms with Crippen LogP contribution in [-0.4, -0.2) is 24.6 Å². The maximum atomic E-state index is 11.5. The summed E-state index contributed by atoms with van der Waals surface area (Å²) in [6.45, 7) is 2.35. The summed E-state index contributed by atoms with van der Waals surface area (Å²) in [4.78, 5) is 22.1. The number of carbonyl (C=O) groups excluding carboxylic acids is 2. The number of benzene rings is 1. The number of amides is 3. The number of ether oxygens (including phenoxy) is 1. The number of anilines is 1. The Bertz CT molecular complexity index is 487. The van der Waals surface area contributed by atoms with Crippen LogP contribution in [0, 0.1) is 0 Å². The lowest BCUT2D eigenvalue weighted by Gasteiger charge is -2.14. The third-order valence-electron chi connectivity index (χ3n) is 2.71. The Morgan fingerprint density at radius 2 is 2.22 bits per heavy atom. The van der Waals surface area contributed by atoms with Crippen LogP contribution in [0.15, 0.2) is 18.2 Å². The lowest BCUT2D eigenvalue weighted by molar-refractivity contribution is -0.120. The minimum atomic E-state index is -0.851. The van der Waals surface area contributed by atoms with Gasteiger partial charge in [0.1, 0.15) is 11.8 Å². The summed E-state index contributed by atoms with van der Waals surface area (Å²) < 4.78 is 5.39. The van der Waals surface area contributed by atoms with E-state index >= 15 is 0 Å². The smallest absolute Gasteiger partial charge is 0.318 e. The summed E-state index contributed by atoms with van der Waals surface area (Å²) in [6, 6.07) is 4.24. The Kier molecular flexibility index (Phi) is 3.36. The van der Waals surface area contributed by atoms with Gasteiger partial charge in [-0.25, -0.2) is 4.79 Å². The Morgan fingerprint density at radius 1 is 1.44 bits per heavy atom. The molecule has 1 heterocycles. The molecule has 2 rings (SSSR count). The third-order valence-corrected chi connectivity index (χ3v) is 2.71. The fourth-order valence-electron chi connectivity index (χ4n) is 1.82. The topological polar surface area (TPSA) is 93.4 Å². The SMILES string of the molecule is C[C@H](Nc1ccc2c(c1)CCO2)C(=O)NC(N)=O. The molecule has 0 fully saturated rings. The number of fused-ring (bicyclic) bond motifs is 1. The molecule has 3 amide bonds. The Balaban J connectivity index is 2.01. The quantitative estimate of drug-likeness (QED) is 0.732. The largest absolute Gasteiger partial charge is 0.493 e. The molecule has 0 saturated heterocycles. The van der Waals surface area contributed by atoms with Crippen LogP contribution in [0.4, 0.5) is 10.5 Å². The van der Waals surface area contributed by atoms with Crippen LogP contribution in [0.5, 0.6) is 5.75 Å². The first-order valence-electron chi connectivity index (χ1n) is 5.69. The monoisotopic (exact) mass is 249 g/mol. The molecule has 0 aromatic heterocycles. The van der Waals surface area contributed by atoms with Crippen molar-refractivity contribution in [3.05, 3.63) is 23.8 Å². The molecule has 0 radical (unpaired) electrons. The van der Waals surface area contributed by atoms with Crippen molar-refractivity contribution in [1.82, 2.24) is 5.32 Å². The van der Waals surface area contributed by atoms with Crippen LogP contribution in [0.2, 0.25) is 0 Å². The highest BCUT2D eigenvalue weighted by Crippen LogP contribution is 2.27. The number of hydrogen-bond acceptors (Lipinski definition) is 4. The van der Waals surface area contributed by atoms with Crippen LogP contribution in [0.1, 0.15) is 12.5 Å². The molecule has 0 spiro atoms. The van der Waals surface area contributed by atoms with Crippen LogP contribution in [0.3, 0.4) is 0 Å². The van der Waals surface area contributed by atoms with Gasteiger partial charge in [0.05, 0.1) is 6.61 Å². The van der Waals surface area contributed by atoms with Crippen molar-refractivity contribution in [2.24, 2.45) is 5.73 Å². The van der Waals surface area contributed by atoms with E-state index in [9.17, 15) is 9.59 Å². The third kappa shape index (κ3) is 2.71. The molecule has 0 unspecified atom stereocenters. The summed E-state index contributed by atoms with van der Waals surface area (Å²) in [6.07, 6.45) is 0.868. The first-order chi connectivity index (χ1) is 8.56. The molecular formula is C12H15N3O3. The van der Waals surface area contributed by atoms with Gasteiger partial charge in [0.15, 0.2) is 0 Å². The van der Waals surface area contributed by atoms with Gasteiger partial charge in [-0.2, -0.15) is 0 Å². The normalized spacial score (nSPS) is 14.3. The lowest BCUT2D eigenvalue weighted by atomic mass is 10.1. The van der Waals surface area contributed by atoms with E-state index in [1.54, 1.807) is 6.92 Å². The molecule has 1 aromatic rings. The molecule has 1 aliphatic heterocycles. The predicted octanol–water partition coefficient (Wildman–Crippen LogP) is 0.617. The van der Waals surface area contributed by atoms with Crippen molar-refractivity contribution in [3.63, 3.8) is 0 Å². The summed E-state index contributed by atoms with van der Waals surface area (Å²) in [5.41, 5.74) is 6.81. The number of hydrogen-bond donors (Lipinski definition) is 3. The van der Waals surface area contributed by atoms with Gasteiger partial charge in [-0.3, -0.25) is 10.1 Å². The fraction of sp³-hybridized carbons (Fsp3) is 0.333. The van der Waals surface area contributed by atoms with E-state index < -0.39 is 18.0 Å². The maximum Gasteiger partial charge on any atom is 0.318 e. The second-order valence-electron chi connectivity index (χ2n) is 4.14. The van der Waals surface area contributed by atoms with Gasteiger partial charge in [0, 0.05) is 12.1 Å². The fourth-order valence-corrected chi connectivity index (χ4v) is 1.82. The maximum absolute atomic E-state index is 11.5. The molecule has 1 aromatic carbocycles. The summed E-state index contributed by atoms with van der Waals surface area (Å²) in [5, 5.41) is 5.03. The molecule has 1 atom stereocenters. The predicted molar refractivity (Wildman–Crippen MR) is 66.5 cm³/mol. The number of nitrogens with one attached hydrogen (secondary N) is 2. The minimum absolute atomic E-state index is 0.459. The van der Waals surface area contributed by atoms with E-state index in [1.807, 2.05) is 23.5 Å². The highest BCUT2D eigenvalue weighted by molar-refractivity contribution is 5.97. The van der Waals surface area contributed by atoms with Crippen molar-refractivity contribution < 1.29 is 14.3 Å². The van der Waals surface area contributed by atoms with Crippen molar-refractivity contribution >= 4 is 17.6 Å². The van der Waals surface area contributed by atoms with Gasteiger partial charge in [0.25, 0.3) is 0 Å². The summed E-state index contributed by atoms with van der Waals surface area (Å²) >= 11 is 0. The summed E-state index contributed by atoms with van der Waals surface area (Å²) in [5.74, 6) is 0.425. The van der Waals surface area contributed by atoms with E-state index in [2.05, 4.69) is 5.32 Å². The molecule has 4 N–H and O–H groups in total. The number of carbonyl (C=O) groups is 2. The zero-order chi connectivity index (χ0) is 13.1. The summed E-state index contributed by atoms with van der Waals surface area (Å²) in [7, 11) is 0. The minimum Gasteiger partial charge on any atom is -0.493 e. The Morgan fingerprint density at radius 3 is 2.94 bits per heavy atom. The second kappa shape index (κ2) is 4.95. The Hall–Kier alpha value is -2.24. The average Bonchev–Trinajstić information content (AvgIpc) is 2.75. The first-order valence-corrected chi connectivity index (χ1v) is 5.69. The number of urea groups is 1. The molecule has 96 valence electrons. The average molecular weight is 249 g/mol. The molecule has 0 bridgehead atoms. The Labute approximate surface area is 104 Å². The van der Waals surface area contributed by atoms with E-state index in [1.165, 1.54) is 0 Å². The zero-order valence-corrected chi connectivity index (χ0v) is 10.0. The second-order valence-corrected chi connectivity index (χ2v) is 4.14. The highest BCUT2D eigenvalue weighted by atomic mass is 16.5. The standard InChI is InChI=1S/C12H15N3O3/c1-7(11(16)15-12(13)17)14-9-2-3-10-8(6-9)4-5-18-10/h2-3,6-7,14H,4-5H2,1H3,(H3,13,15,16,17)/t7-/m0/s1. The van der Waals surface area contributed by atoms with Gasteiger partial charge >= 0.3 is 6.03 Å². The number of imide groups is 1. The van der Waals surface area contributed by atoms with E-state index in [0.29, 0.717) is 6.61 Å². The van der Waals surface area contributed by atoms with Gasteiger partial charge in [0.2, 0.25) is 5.91 Å². The van der Waals surface area contributed by atoms with Crippen molar-refractivity contribution in [3.8, 4) is 5.75 Å². The van der Waals surface area contributed by atoms with Crippen LogP contribution < -0.4 is 21.1 Å². The van der Waals surface area contributed by atoms with Gasteiger partial charge < -0.3 is 15.8 Å². The molecule has 6 nitrogen and oxygen atoms in total. The zero-order valence-electron chi connectivity index (χ0n) is 10.0. The highest BCUT2D eigenvalue weighted by Gasteiger charge is 2.16. The molecular weight excluding hydrogens is 234 g/mol. The molecule has 6 heteroatoms. The number of primary amides is 1. The van der Waals surface area contributed by atoms with Crippen molar-refractivity contribution in [2.45, 2.75) is 19.4 Å². The van der Waals surface area contributed by atoms with Gasteiger partial charge in [-0.15, -0.1) is 0 Å². The van der Waals surface area contributed by atoms with Crippen LogP contribution >= 0.6 is 0 Å². The van der Waals surface area contributed by atoms with Crippen molar-refractivity contribution in [2.75, 3.05) is 11.9 Å². The van der Waals surface area contributed by atoms with Gasteiger partial charge in [-0.05, 0) is 30.7 Å². The van der Waals surface area contributed by atoms with Crippen molar-refractivity contribution in [1.29, 1.82) is 0 Å². The van der Waals surface area contributed by atoms with E-state index in [4.69, 9.17) is 10.5 Å². The van der Waals surface area contributed by atoms with Crippen LogP contribution in [0.25, 0.3) is 0 Å². The molecule has 0 aliphatic carbocycles. The molecule has 1 aliphatic rings. The number of rotatable bonds is 3. The lowest BCUT2D eigenvalue weighted by Crippen LogP contribution is -2.43. The first kappa shape index (κ1) is 12.2. The molecule has 18 heavy (non-hydrogen) atoms. The number of nitrogens with two attached hydrogens (primary N) is 1. The van der Waals surface area contributed by atoms with E-state index in [0.717, 1.165) is 23.4 Å². The van der Waals surface area contributed by atoms with Crippen LogP contribution in [-0.2, 0) is 11.2 Å². The van der Waals surface area contributed by atoms with E-state index in [-0.39, 0.29) is 0 Å². The molecule has 0 saturated carbocycles. The van der Waals surface area contributed by atoms with Gasteiger partial charge in [-0.1, -0.05) is 0 Å².